The summed E-state index contributed by atoms with van der Waals surface area (Å²) in [6, 6.07) is 27.1. The molecule has 0 bridgehead atoms. The fourth-order valence-electron chi connectivity index (χ4n) is 5.57. The van der Waals surface area contributed by atoms with Crippen LogP contribution in [0.4, 0.5) is 17.2 Å². The number of hydrogen-bond acceptors (Lipinski definition) is 6. The standard InChI is InChI=1S/C34H33N5O3/c1-23-19-24(2)35-31(20-23)38-17-15-37(16-18-38)27-11-9-26(10-12-27)36-34(41)33(40)32-30(25-7-5-4-6-8-25)21-28-13-14-29(42-3)22-39(28)32/h4-14,19-22H,15-18H2,1-3H3,(H,36,41). The number of piperazine rings is 1. The maximum atomic E-state index is 13.6. The number of ketones is 1. The van der Waals surface area contributed by atoms with Crippen LogP contribution in [0, 0.1) is 13.8 Å². The number of carbonyl (C=O) groups is 2. The van der Waals surface area contributed by atoms with Crippen LogP contribution < -0.4 is 19.9 Å². The number of pyridine rings is 2. The highest BCUT2D eigenvalue weighted by atomic mass is 16.5. The number of ether oxygens (including phenoxy) is 1. The van der Waals surface area contributed by atoms with Gasteiger partial charge in [0.15, 0.2) is 0 Å². The summed E-state index contributed by atoms with van der Waals surface area (Å²) in [7, 11) is 1.57. The van der Waals surface area contributed by atoms with E-state index in [-0.39, 0.29) is 0 Å². The van der Waals surface area contributed by atoms with Gasteiger partial charge in [-0.25, -0.2) is 4.98 Å². The van der Waals surface area contributed by atoms with Gasteiger partial charge in [-0.1, -0.05) is 30.3 Å². The molecule has 0 unspecified atom stereocenters. The highest BCUT2D eigenvalue weighted by molar-refractivity contribution is 6.47. The van der Waals surface area contributed by atoms with E-state index in [4.69, 9.17) is 9.72 Å². The summed E-state index contributed by atoms with van der Waals surface area (Å²) in [6.45, 7) is 7.62. The van der Waals surface area contributed by atoms with Crippen molar-refractivity contribution in [2.24, 2.45) is 0 Å². The van der Waals surface area contributed by atoms with Gasteiger partial charge in [-0.3, -0.25) is 9.59 Å². The topological polar surface area (TPSA) is 79.2 Å². The van der Waals surface area contributed by atoms with E-state index in [2.05, 4.69) is 34.2 Å². The molecule has 8 heteroatoms. The Morgan fingerprint density at radius 3 is 2.24 bits per heavy atom. The molecule has 3 aromatic heterocycles. The third-order valence-corrected chi connectivity index (χ3v) is 7.66. The van der Waals surface area contributed by atoms with E-state index in [0.29, 0.717) is 22.7 Å². The number of carbonyl (C=O) groups excluding carboxylic acids is 2. The molecule has 1 aliphatic rings. The summed E-state index contributed by atoms with van der Waals surface area (Å²) in [5, 5.41) is 2.80. The summed E-state index contributed by atoms with van der Waals surface area (Å²) in [6.07, 6.45) is 1.73. The van der Waals surface area contributed by atoms with Crippen molar-refractivity contribution in [1.29, 1.82) is 0 Å². The van der Waals surface area contributed by atoms with Crippen LogP contribution in [0.15, 0.2) is 91.1 Å². The molecule has 212 valence electrons. The highest BCUT2D eigenvalue weighted by Crippen LogP contribution is 2.30. The number of anilines is 3. The molecule has 1 amide bonds. The Hall–Kier alpha value is -5.11. The zero-order valence-electron chi connectivity index (χ0n) is 24.0. The lowest BCUT2D eigenvalue weighted by Gasteiger charge is -2.37. The number of rotatable bonds is 7. The van der Waals surface area contributed by atoms with Gasteiger partial charge < -0.3 is 24.3 Å². The molecule has 1 saturated heterocycles. The molecule has 2 aromatic carbocycles. The van der Waals surface area contributed by atoms with Crippen molar-refractivity contribution in [1.82, 2.24) is 9.38 Å². The van der Waals surface area contributed by atoms with E-state index in [1.165, 1.54) is 5.56 Å². The average molecular weight is 560 g/mol. The number of nitrogens with one attached hydrogen (secondary N) is 1. The number of aryl methyl sites for hydroxylation is 2. The lowest BCUT2D eigenvalue weighted by atomic mass is 10.0. The van der Waals surface area contributed by atoms with E-state index in [1.54, 1.807) is 17.7 Å². The summed E-state index contributed by atoms with van der Waals surface area (Å²) in [4.78, 5) is 36.3. The van der Waals surface area contributed by atoms with Crippen LogP contribution in [-0.2, 0) is 4.79 Å². The molecule has 0 atom stereocenters. The minimum Gasteiger partial charge on any atom is -0.495 e. The molecular formula is C34H33N5O3. The van der Waals surface area contributed by atoms with Gasteiger partial charge in [0.1, 0.15) is 17.3 Å². The molecule has 1 N–H and O–H groups in total. The molecule has 0 radical (unpaired) electrons. The number of Topliss-reactive ketones (excluding diaryl/α,β-unsaturated/α-hetero) is 1. The van der Waals surface area contributed by atoms with Crippen LogP contribution >= 0.6 is 0 Å². The Bertz CT molecular complexity index is 1730. The van der Waals surface area contributed by atoms with Crippen LogP contribution in [0.25, 0.3) is 16.6 Å². The number of fused-ring (bicyclic) bond motifs is 1. The Morgan fingerprint density at radius 1 is 0.833 bits per heavy atom. The van der Waals surface area contributed by atoms with Gasteiger partial charge in [0.2, 0.25) is 0 Å². The summed E-state index contributed by atoms with van der Waals surface area (Å²) >= 11 is 0. The second-order valence-corrected chi connectivity index (χ2v) is 10.6. The van der Waals surface area contributed by atoms with Gasteiger partial charge in [-0.05, 0) is 79.6 Å². The third kappa shape index (κ3) is 5.43. The quantitative estimate of drug-likeness (QED) is 0.201. The second kappa shape index (κ2) is 11.4. The van der Waals surface area contributed by atoms with E-state index in [9.17, 15) is 9.59 Å². The van der Waals surface area contributed by atoms with E-state index in [0.717, 1.165) is 54.5 Å². The van der Waals surface area contributed by atoms with Crippen molar-refractivity contribution in [3.63, 3.8) is 0 Å². The van der Waals surface area contributed by atoms with E-state index >= 15 is 0 Å². The molecule has 6 rings (SSSR count). The van der Waals surface area contributed by atoms with E-state index in [1.807, 2.05) is 79.7 Å². The second-order valence-electron chi connectivity index (χ2n) is 10.6. The smallest absolute Gasteiger partial charge is 0.298 e. The first-order valence-electron chi connectivity index (χ1n) is 14.0. The van der Waals surface area contributed by atoms with Crippen LogP contribution in [0.5, 0.6) is 5.75 Å². The summed E-state index contributed by atoms with van der Waals surface area (Å²) in [5.74, 6) is 0.299. The molecule has 42 heavy (non-hydrogen) atoms. The molecule has 0 saturated carbocycles. The minimum absolute atomic E-state index is 0.292. The minimum atomic E-state index is -0.697. The maximum absolute atomic E-state index is 13.6. The van der Waals surface area contributed by atoms with Gasteiger partial charge in [-0.15, -0.1) is 0 Å². The fourth-order valence-corrected chi connectivity index (χ4v) is 5.57. The van der Waals surface area contributed by atoms with Crippen LogP contribution in [0.2, 0.25) is 0 Å². The maximum Gasteiger partial charge on any atom is 0.298 e. The lowest BCUT2D eigenvalue weighted by molar-refractivity contribution is -0.112. The summed E-state index contributed by atoms with van der Waals surface area (Å²) < 4.78 is 7.11. The van der Waals surface area contributed by atoms with Gasteiger partial charge in [-0.2, -0.15) is 0 Å². The number of amides is 1. The Labute approximate surface area is 245 Å². The van der Waals surface area contributed by atoms with Crippen LogP contribution in [0.3, 0.4) is 0 Å². The van der Waals surface area contributed by atoms with Gasteiger partial charge in [0.25, 0.3) is 11.7 Å². The predicted molar refractivity (Wildman–Crippen MR) is 167 cm³/mol. The monoisotopic (exact) mass is 559 g/mol. The number of nitrogens with zero attached hydrogens (tertiary/aromatic N) is 4. The Kier molecular flexibility index (Phi) is 7.35. The Balaban J connectivity index is 1.17. The molecule has 0 aliphatic carbocycles. The third-order valence-electron chi connectivity index (χ3n) is 7.66. The molecule has 0 spiro atoms. The number of methoxy groups -OCH3 is 1. The number of benzene rings is 2. The fraction of sp³-hybridized carbons (Fsp3) is 0.206. The molecule has 4 heterocycles. The van der Waals surface area contributed by atoms with Crippen molar-refractivity contribution in [3.8, 4) is 16.9 Å². The normalized spacial score (nSPS) is 13.3. The lowest BCUT2D eigenvalue weighted by Crippen LogP contribution is -2.46. The zero-order chi connectivity index (χ0) is 29.2. The van der Waals surface area contributed by atoms with Crippen molar-refractivity contribution in [2.75, 3.05) is 48.4 Å². The van der Waals surface area contributed by atoms with Gasteiger partial charge in [0, 0.05) is 54.3 Å². The average Bonchev–Trinajstić information content (AvgIpc) is 3.40. The summed E-state index contributed by atoms with van der Waals surface area (Å²) in [5.41, 5.74) is 6.52. The molecular weight excluding hydrogens is 526 g/mol. The molecule has 1 fully saturated rings. The first-order chi connectivity index (χ1) is 20.4. The zero-order valence-corrected chi connectivity index (χ0v) is 24.0. The van der Waals surface area contributed by atoms with Gasteiger partial charge >= 0.3 is 0 Å². The van der Waals surface area contributed by atoms with Crippen LogP contribution in [-0.4, -0.2) is 54.4 Å². The molecule has 8 nitrogen and oxygen atoms in total. The number of aromatic nitrogens is 2. The van der Waals surface area contributed by atoms with Crippen molar-refractivity contribution in [2.45, 2.75) is 13.8 Å². The van der Waals surface area contributed by atoms with E-state index < -0.39 is 11.7 Å². The molecule has 5 aromatic rings. The largest absolute Gasteiger partial charge is 0.495 e. The number of hydrogen-bond donors (Lipinski definition) is 1. The van der Waals surface area contributed by atoms with Crippen molar-refractivity contribution >= 4 is 34.4 Å². The van der Waals surface area contributed by atoms with Crippen molar-refractivity contribution < 1.29 is 14.3 Å². The highest BCUT2D eigenvalue weighted by Gasteiger charge is 2.25. The first kappa shape index (κ1) is 27.1. The molecule has 1 aliphatic heterocycles. The van der Waals surface area contributed by atoms with Gasteiger partial charge in [0.05, 0.1) is 13.3 Å². The first-order valence-corrected chi connectivity index (χ1v) is 14.0. The predicted octanol–water partition coefficient (Wildman–Crippen LogP) is 5.77. The van der Waals surface area contributed by atoms with Crippen molar-refractivity contribution in [3.05, 3.63) is 108 Å². The SMILES string of the molecule is COc1ccc2cc(-c3ccccc3)c(C(=O)C(=O)Nc3ccc(N4CCN(c5cc(C)cc(C)n5)CC4)cc3)n2c1. The Morgan fingerprint density at radius 2 is 1.55 bits per heavy atom. The van der Waals surface area contributed by atoms with Crippen LogP contribution in [0.1, 0.15) is 21.7 Å².